The van der Waals surface area contributed by atoms with Crippen molar-refractivity contribution in [2.45, 2.75) is 11.8 Å². The standard InChI is InChI=1S/C7H5NO2S2/c1-2-4-5(12-6(2)9)3(8)7(10)11-4/h8-9H,1H3. The molecule has 2 N–H and O–H groups in total. The van der Waals surface area contributed by atoms with Crippen LogP contribution in [0.4, 0.5) is 0 Å². The van der Waals surface area contributed by atoms with Gasteiger partial charge in [0.2, 0.25) is 5.12 Å². The van der Waals surface area contributed by atoms with Gasteiger partial charge in [-0.1, -0.05) is 11.3 Å². The van der Waals surface area contributed by atoms with Crippen LogP contribution in [0.5, 0.6) is 5.06 Å². The molecule has 1 aromatic rings. The van der Waals surface area contributed by atoms with E-state index in [1.807, 2.05) is 0 Å². The Labute approximate surface area is 76.9 Å². The van der Waals surface area contributed by atoms with Gasteiger partial charge in [0.05, 0.1) is 4.88 Å². The molecule has 0 amide bonds. The molecular weight excluding hydrogens is 194 g/mol. The minimum Gasteiger partial charge on any atom is -0.499 e. The molecule has 12 heavy (non-hydrogen) atoms. The van der Waals surface area contributed by atoms with Crippen molar-refractivity contribution in [1.29, 1.82) is 5.41 Å². The number of hydrogen-bond acceptors (Lipinski definition) is 5. The molecule has 0 saturated heterocycles. The molecule has 5 heteroatoms. The fourth-order valence-corrected chi connectivity index (χ4v) is 3.11. The maximum atomic E-state index is 11.0. The molecule has 1 aliphatic rings. The molecule has 3 nitrogen and oxygen atoms in total. The normalized spacial score (nSPS) is 15.4. The minimum atomic E-state index is -0.223. The molecule has 0 aliphatic carbocycles. The Kier molecular flexibility index (Phi) is 1.52. The van der Waals surface area contributed by atoms with Crippen LogP contribution in [0.3, 0.4) is 0 Å². The SMILES string of the molecule is Cc1c(O)sc2c1SC(=O)C2=N. The van der Waals surface area contributed by atoms with E-state index in [9.17, 15) is 9.90 Å². The molecule has 0 saturated carbocycles. The summed E-state index contributed by atoms with van der Waals surface area (Å²) < 4.78 is 0. The second-order valence-corrected chi connectivity index (χ2v) is 4.44. The Morgan fingerprint density at radius 3 is 2.75 bits per heavy atom. The second kappa shape index (κ2) is 2.34. The first-order chi connectivity index (χ1) is 5.61. The highest BCUT2D eigenvalue weighted by molar-refractivity contribution is 8.16. The van der Waals surface area contributed by atoms with Gasteiger partial charge in [0.25, 0.3) is 0 Å². The van der Waals surface area contributed by atoms with E-state index in [4.69, 9.17) is 5.41 Å². The first-order valence-corrected chi connectivity index (χ1v) is 4.88. The summed E-state index contributed by atoms with van der Waals surface area (Å²) in [5, 5.41) is 16.7. The van der Waals surface area contributed by atoms with Crippen LogP contribution in [0.1, 0.15) is 10.4 Å². The molecule has 62 valence electrons. The second-order valence-electron chi connectivity index (χ2n) is 2.45. The monoisotopic (exact) mass is 199 g/mol. The zero-order valence-electron chi connectivity index (χ0n) is 6.17. The average molecular weight is 199 g/mol. The fraction of sp³-hybridized carbons (Fsp3) is 0.143. The summed E-state index contributed by atoms with van der Waals surface area (Å²) in [4.78, 5) is 12.4. The number of carbonyl (C=O) groups is 1. The number of nitrogens with one attached hydrogen (secondary N) is 1. The maximum absolute atomic E-state index is 11.0. The predicted molar refractivity (Wildman–Crippen MR) is 48.4 cm³/mol. The predicted octanol–water partition coefficient (Wildman–Crippen LogP) is 1.76. The fourth-order valence-electron chi connectivity index (χ4n) is 1.01. The molecule has 2 rings (SSSR count). The lowest BCUT2D eigenvalue weighted by Crippen LogP contribution is -2.00. The number of thioether (sulfide) groups is 1. The van der Waals surface area contributed by atoms with E-state index in [2.05, 4.69) is 0 Å². The Morgan fingerprint density at radius 2 is 2.17 bits per heavy atom. The molecule has 1 aliphatic heterocycles. The van der Waals surface area contributed by atoms with Crippen LogP contribution in [0.25, 0.3) is 0 Å². The summed E-state index contributed by atoms with van der Waals surface area (Å²) in [6.07, 6.45) is 0. The zero-order chi connectivity index (χ0) is 8.88. The number of fused-ring (bicyclic) bond motifs is 1. The zero-order valence-corrected chi connectivity index (χ0v) is 7.80. The van der Waals surface area contributed by atoms with Gasteiger partial charge >= 0.3 is 0 Å². The summed E-state index contributed by atoms with van der Waals surface area (Å²) in [7, 11) is 0. The summed E-state index contributed by atoms with van der Waals surface area (Å²) in [5.74, 6) is 0. The summed E-state index contributed by atoms with van der Waals surface area (Å²) in [5.41, 5.74) is 0.735. The Morgan fingerprint density at radius 1 is 1.50 bits per heavy atom. The lowest BCUT2D eigenvalue weighted by molar-refractivity contribution is -0.105. The summed E-state index contributed by atoms with van der Waals surface area (Å²) in [6, 6.07) is 0. The molecule has 0 bridgehead atoms. The van der Waals surface area contributed by atoms with Gasteiger partial charge in [-0.05, 0) is 18.7 Å². The van der Waals surface area contributed by atoms with E-state index in [1.165, 1.54) is 0 Å². The van der Waals surface area contributed by atoms with Crippen LogP contribution in [0.2, 0.25) is 0 Å². The van der Waals surface area contributed by atoms with Crippen molar-refractivity contribution in [2.75, 3.05) is 0 Å². The Bertz CT molecular complexity index is 394. The summed E-state index contributed by atoms with van der Waals surface area (Å²) in [6.45, 7) is 1.75. The van der Waals surface area contributed by atoms with Gasteiger partial charge in [0, 0.05) is 10.5 Å². The van der Waals surface area contributed by atoms with Crippen LogP contribution < -0.4 is 0 Å². The highest BCUT2D eigenvalue weighted by atomic mass is 32.2. The van der Waals surface area contributed by atoms with Crippen molar-refractivity contribution in [1.82, 2.24) is 0 Å². The molecule has 0 fully saturated rings. The lowest BCUT2D eigenvalue weighted by Gasteiger charge is -1.89. The topological polar surface area (TPSA) is 61.1 Å². The molecule has 2 heterocycles. The van der Waals surface area contributed by atoms with E-state index >= 15 is 0 Å². The molecule has 0 radical (unpaired) electrons. The summed E-state index contributed by atoms with van der Waals surface area (Å²) >= 11 is 2.14. The van der Waals surface area contributed by atoms with Crippen molar-refractivity contribution >= 4 is 33.9 Å². The van der Waals surface area contributed by atoms with E-state index in [0.29, 0.717) is 4.88 Å². The molecule has 0 aromatic carbocycles. The first kappa shape index (κ1) is 7.82. The number of aromatic hydroxyl groups is 1. The minimum absolute atomic E-state index is 0.0170. The number of rotatable bonds is 0. The quantitative estimate of drug-likeness (QED) is 0.669. The lowest BCUT2D eigenvalue weighted by atomic mass is 10.3. The Balaban J connectivity index is 2.67. The number of thiophene rings is 1. The van der Waals surface area contributed by atoms with Crippen molar-refractivity contribution in [2.24, 2.45) is 0 Å². The smallest absolute Gasteiger partial charge is 0.243 e. The third-order valence-electron chi connectivity index (χ3n) is 1.69. The van der Waals surface area contributed by atoms with Gasteiger partial charge in [-0.3, -0.25) is 10.2 Å². The molecule has 0 unspecified atom stereocenters. The number of carbonyl (C=O) groups excluding carboxylic acids is 1. The van der Waals surface area contributed by atoms with E-state index in [0.717, 1.165) is 33.6 Å². The van der Waals surface area contributed by atoms with Gasteiger partial charge < -0.3 is 5.11 Å². The van der Waals surface area contributed by atoms with E-state index in [-0.39, 0.29) is 15.9 Å². The maximum Gasteiger partial charge on any atom is 0.243 e. The Hall–Kier alpha value is -0.810. The van der Waals surface area contributed by atoms with Crippen LogP contribution >= 0.6 is 23.1 Å². The van der Waals surface area contributed by atoms with Crippen molar-refractivity contribution in [3.63, 3.8) is 0 Å². The molecule has 0 atom stereocenters. The van der Waals surface area contributed by atoms with Gasteiger partial charge in [-0.2, -0.15) is 0 Å². The van der Waals surface area contributed by atoms with Gasteiger partial charge in [0.15, 0.2) is 5.06 Å². The largest absolute Gasteiger partial charge is 0.499 e. The van der Waals surface area contributed by atoms with Crippen LogP contribution in [0.15, 0.2) is 4.90 Å². The van der Waals surface area contributed by atoms with E-state index < -0.39 is 0 Å². The highest BCUT2D eigenvalue weighted by Crippen LogP contribution is 2.45. The van der Waals surface area contributed by atoms with Crippen molar-refractivity contribution < 1.29 is 9.90 Å². The van der Waals surface area contributed by atoms with Gasteiger partial charge in [-0.25, -0.2) is 0 Å². The van der Waals surface area contributed by atoms with Gasteiger partial charge in [0.1, 0.15) is 5.71 Å². The van der Waals surface area contributed by atoms with Crippen LogP contribution in [-0.2, 0) is 4.79 Å². The van der Waals surface area contributed by atoms with Crippen molar-refractivity contribution in [3.05, 3.63) is 10.4 Å². The molecule has 0 spiro atoms. The first-order valence-electron chi connectivity index (χ1n) is 3.24. The highest BCUT2D eigenvalue weighted by Gasteiger charge is 2.31. The number of hydrogen-bond donors (Lipinski definition) is 2. The van der Waals surface area contributed by atoms with Crippen LogP contribution in [-0.4, -0.2) is 15.9 Å². The average Bonchev–Trinajstić information content (AvgIpc) is 2.43. The van der Waals surface area contributed by atoms with E-state index in [1.54, 1.807) is 6.92 Å². The van der Waals surface area contributed by atoms with Gasteiger partial charge in [-0.15, -0.1) is 0 Å². The molecule has 1 aromatic heterocycles. The van der Waals surface area contributed by atoms with Crippen molar-refractivity contribution in [3.8, 4) is 5.06 Å². The third-order valence-corrected chi connectivity index (χ3v) is 4.04. The van der Waals surface area contributed by atoms with Crippen LogP contribution in [0, 0.1) is 12.3 Å². The third kappa shape index (κ3) is 0.834. The molecular formula is C7H5NO2S2.